The van der Waals surface area contributed by atoms with Crippen molar-refractivity contribution in [2.24, 2.45) is 11.7 Å². The standard InChI is InChI=1S/C10H14ClNOS/c1-6-4-7(5-13-6)10(12)8-2-3-9(11)14-8/h2-3,6-7,10H,4-5,12H2,1H3. The molecule has 1 fully saturated rings. The van der Waals surface area contributed by atoms with Crippen molar-refractivity contribution in [3.8, 4) is 0 Å². The van der Waals surface area contributed by atoms with Gasteiger partial charge >= 0.3 is 0 Å². The average Bonchev–Trinajstić information content (AvgIpc) is 2.73. The number of thiophene rings is 1. The van der Waals surface area contributed by atoms with E-state index in [2.05, 4.69) is 6.92 Å². The summed E-state index contributed by atoms with van der Waals surface area (Å²) in [4.78, 5) is 1.16. The minimum Gasteiger partial charge on any atom is -0.378 e. The molecule has 3 unspecified atom stereocenters. The van der Waals surface area contributed by atoms with Gasteiger partial charge in [-0.2, -0.15) is 0 Å². The second-order valence-corrected chi connectivity index (χ2v) is 5.55. The maximum Gasteiger partial charge on any atom is 0.0931 e. The Morgan fingerprint density at radius 3 is 2.93 bits per heavy atom. The predicted molar refractivity (Wildman–Crippen MR) is 59.8 cm³/mol. The van der Waals surface area contributed by atoms with Crippen LogP contribution >= 0.6 is 22.9 Å². The van der Waals surface area contributed by atoms with Crippen LogP contribution in [0.25, 0.3) is 0 Å². The smallest absolute Gasteiger partial charge is 0.0931 e. The molecule has 0 amide bonds. The second-order valence-electron chi connectivity index (χ2n) is 3.81. The highest BCUT2D eigenvalue weighted by molar-refractivity contribution is 7.16. The van der Waals surface area contributed by atoms with Gasteiger partial charge in [0, 0.05) is 16.8 Å². The van der Waals surface area contributed by atoms with Crippen molar-refractivity contribution in [1.82, 2.24) is 0 Å². The van der Waals surface area contributed by atoms with E-state index in [9.17, 15) is 0 Å². The Labute approximate surface area is 93.0 Å². The zero-order valence-electron chi connectivity index (χ0n) is 8.07. The molecule has 1 aromatic heterocycles. The largest absolute Gasteiger partial charge is 0.378 e. The van der Waals surface area contributed by atoms with Crippen LogP contribution in [0.15, 0.2) is 12.1 Å². The summed E-state index contributed by atoms with van der Waals surface area (Å²) in [7, 11) is 0. The quantitative estimate of drug-likeness (QED) is 0.850. The molecule has 2 nitrogen and oxygen atoms in total. The van der Waals surface area contributed by atoms with E-state index in [0.717, 1.165) is 22.2 Å². The first-order valence-electron chi connectivity index (χ1n) is 4.79. The SMILES string of the molecule is CC1CC(C(N)c2ccc(Cl)s2)CO1. The lowest BCUT2D eigenvalue weighted by atomic mass is 9.97. The van der Waals surface area contributed by atoms with Gasteiger partial charge in [-0.1, -0.05) is 11.6 Å². The minimum absolute atomic E-state index is 0.0810. The van der Waals surface area contributed by atoms with Gasteiger partial charge in [0.1, 0.15) is 0 Å². The Morgan fingerprint density at radius 2 is 2.43 bits per heavy atom. The van der Waals surface area contributed by atoms with Crippen molar-refractivity contribution < 1.29 is 4.74 Å². The third-order valence-corrected chi connectivity index (χ3v) is 3.99. The number of hydrogen-bond donors (Lipinski definition) is 1. The first-order chi connectivity index (χ1) is 6.66. The minimum atomic E-state index is 0.0810. The van der Waals surface area contributed by atoms with Crippen LogP contribution in [0.1, 0.15) is 24.3 Å². The lowest BCUT2D eigenvalue weighted by Gasteiger charge is -2.15. The Bertz CT molecular complexity index is 315. The third kappa shape index (κ3) is 2.11. The van der Waals surface area contributed by atoms with Crippen molar-refractivity contribution in [2.45, 2.75) is 25.5 Å². The Hall–Kier alpha value is -0.0900. The molecule has 1 aliphatic rings. The van der Waals surface area contributed by atoms with E-state index in [1.54, 1.807) is 11.3 Å². The van der Waals surface area contributed by atoms with Gasteiger partial charge in [-0.15, -0.1) is 11.3 Å². The van der Waals surface area contributed by atoms with E-state index in [0.29, 0.717) is 12.0 Å². The van der Waals surface area contributed by atoms with E-state index >= 15 is 0 Å². The molecular weight excluding hydrogens is 218 g/mol. The van der Waals surface area contributed by atoms with Crippen molar-refractivity contribution in [3.63, 3.8) is 0 Å². The fourth-order valence-electron chi connectivity index (χ4n) is 1.84. The molecule has 0 aromatic carbocycles. The summed E-state index contributed by atoms with van der Waals surface area (Å²) >= 11 is 7.44. The molecule has 4 heteroatoms. The fraction of sp³-hybridized carbons (Fsp3) is 0.600. The highest BCUT2D eigenvalue weighted by Gasteiger charge is 2.28. The van der Waals surface area contributed by atoms with Gasteiger partial charge in [0.2, 0.25) is 0 Å². The fourth-order valence-corrected chi connectivity index (χ4v) is 3.00. The summed E-state index contributed by atoms with van der Waals surface area (Å²) in [6.07, 6.45) is 1.40. The molecule has 14 heavy (non-hydrogen) atoms. The first kappa shape index (κ1) is 10.4. The van der Waals surface area contributed by atoms with Crippen LogP contribution in [0.2, 0.25) is 4.34 Å². The van der Waals surface area contributed by atoms with E-state index in [1.807, 2.05) is 12.1 Å². The van der Waals surface area contributed by atoms with E-state index in [-0.39, 0.29) is 6.04 Å². The maximum atomic E-state index is 6.15. The van der Waals surface area contributed by atoms with Gasteiger partial charge < -0.3 is 10.5 Å². The van der Waals surface area contributed by atoms with Gasteiger partial charge in [-0.3, -0.25) is 0 Å². The molecule has 0 bridgehead atoms. The molecule has 0 saturated carbocycles. The number of hydrogen-bond acceptors (Lipinski definition) is 3. The van der Waals surface area contributed by atoms with Crippen LogP contribution in [0.5, 0.6) is 0 Å². The van der Waals surface area contributed by atoms with E-state index < -0.39 is 0 Å². The average molecular weight is 232 g/mol. The van der Waals surface area contributed by atoms with E-state index in [4.69, 9.17) is 22.1 Å². The molecule has 1 saturated heterocycles. The molecule has 3 atom stereocenters. The van der Waals surface area contributed by atoms with Gasteiger partial charge in [-0.05, 0) is 25.5 Å². The summed E-state index contributed by atoms with van der Waals surface area (Å²) in [5.41, 5.74) is 6.15. The molecule has 2 heterocycles. The molecule has 0 aliphatic carbocycles. The molecule has 0 radical (unpaired) electrons. The van der Waals surface area contributed by atoms with Crippen molar-refractivity contribution in [3.05, 3.63) is 21.3 Å². The van der Waals surface area contributed by atoms with Crippen molar-refractivity contribution in [1.29, 1.82) is 0 Å². The summed E-state index contributed by atoms with van der Waals surface area (Å²) < 4.78 is 6.31. The summed E-state index contributed by atoms with van der Waals surface area (Å²) in [5, 5.41) is 0. The molecule has 1 aromatic rings. The van der Waals surface area contributed by atoms with Crippen molar-refractivity contribution >= 4 is 22.9 Å². The zero-order chi connectivity index (χ0) is 10.1. The summed E-state index contributed by atoms with van der Waals surface area (Å²) in [6.45, 7) is 2.87. The lowest BCUT2D eigenvalue weighted by molar-refractivity contribution is 0.118. The highest BCUT2D eigenvalue weighted by Crippen LogP contribution is 2.34. The zero-order valence-corrected chi connectivity index (χ0v) is 9.65. The van der Waals surface area contributed by atoms with E-state index in [1.165, 1.54) is 0 Å². The van der Waals surface area contributed by atoms with Crippen LogP contribution in [-0.4, -0.2) is 12.7 Å². The van der Waals surface area contributed by atoms with Gasteiger partial charge in [-0.25, -0.2) is 0 Å². The van der Waals surface area contributed by atoms with Crippen LogP contribution in [0, 0.1) is 5.92 Å². The van der Waals surface area contributed by atoms with Gasteiger partial charge in [0.25, 0.3) is 0 Å². The monoisotopic (exact) mass is 231 g/mol. The maximum absolute atomic E-state index is 6.15. The predicted octanol–water partition coefficient (Wildman–Crippen LogP) is 2.83. The number of rotatable bonds is 2. The molecule has 78 valence electrons. The highest BCUT2D eigenvalue weighted by atomic mass is 35.5. The Morgan fingerprint density at radius 1 is 1.64 bits per heavy atom. The third-order valence-electron chi connectivity index (χ3n) is 2.66. The van der Waals surface area contributed by atoms with Crippen LogP contribution in [0.4, 0.5) is 0 Å². The van der Waals surface area contributed by atoms with Crippen LogP contribution in [-0.2, 0) is 4.74 Å². The molecule has 1 aliphatic heterocycles. The lowest BCUT2D eigenvalue weighted by Crippen LogP contribution is -2.20. The number of halogens is 1. The number of ether oxygens (including phenoxy) is 1. The van der Waals surface area contributed by atoms with Gasteiger partial charge in [0.15, 0.2) is 0 Å². The Balaban J connectivity index is 2.05. The molecular formula is C10H14ClNOS. The van der Waals surface area contributed by atoms with Crippen LogP contribution < -0.4 is 5.73 Å². The van der Waals surface area contributed by atoms with Gasteiger partial charge in [0.05, 0.1) is 17.0 Å². The molecule has 2 N–H and O–H groups in total. The first-order valence-corrected chi connectivity index (χ1v) is 5.98. The van der Waals surface area contributed by atoms with Crippen LogP contribution in [0.3, 0.4) is 0 Å². The second kappa shape index (κ2) is 4.19. The summed E-state index contributed by atoms with van der Waals surface area (Å²) in [6, 6.07) is 4.00. The molecule has 2 rings (SSSR count). The normalized spacial score (nSPS) is 29.4. The van der Waals surface area contributed by atoms with Crippen molar-refractivity contribution in [2.75, 3.05) is 6.61 Å². The number of nitrogens with two attached hydrogens (primary N) is 1. The summed E-state index contributed by atoms with van der Waals surface area (Å²) in [5.74, 6) is 0.444. The Kier molecular flexibility index (Phi) is 3.12. The topological polar surface area (TPSA) is 35.2 Å². The molecule has 0 spiro atoms.